The van der Waals surface area contributed by atoms with Gasteiger partial charge in [0.1, 0.15) is 0 Å². The SMILES string of the molecule is O=C1C=C2C=CC=CC=CC2=CC=CC1. The maximum absolute atomic E-state index is 11.5. The van der Waals surface area contributed by atoms with Crippen LogP contribution in [-0.2, 0) is 4.79 Å². The van der Waals surface area contributed by atoms with Gasteiger partial charge in [0.2, 0.25) is 0 Å². The summed E-state index contributed by atoms with van der Waals surface area (Å²) in [5, 5.41) is 0. The highest BCUT2D eigenvalue weighted by atomic mass is 16.1. The largest absolute Gasteiger partial charge is 0.294 e. The Bertz CT molecular complexity index is 440. The van der Waals surface area contributed by atoms with Crippen molar-refractivity contribution in [1.29, 1.82) is 0 Å². The lowest BCUT2D eigenvalue weighted by Crippen LogP contribution is -1.96. The molecule has 0 aromatic rings. The summed E-state index contributed by atoms with van der Waals surface area (Å²) in [6.45, 7) is 0. The van der Waals surface area contributed by atoms with E-state index in [4.69, 9.17) is 0 Å². The Morgan fingerprint density at radius 2 is 1.60 bits per heavy atom. The number of fused-ring (bicyclic) bond motifs is 1. The Balaban J connectivity index is 2.49. The molecule has 0 amide bonds. The zero-order chi connectivity index (χ0) is 10.5. The Morgan fingerprint density at radius 3 is 2.40 bits per heavy atom. The average Bonchev–Trinajstić information content (AvgIpc) is 2.18. The third-order valence-corrected chi connectivity index (χ3v) is 2.27. The predicted octanol–water partition coefficient (Wildman–Crippen LogP) is 3.05. The summed E-state index contributed by atoms with van der Waals surface area (Å²) in [6, 6.07) is 0. The molecular formula is C14H12O. The molecule has 0 N–H and O–H groups in total. The van der Waals surface area contributed by atoms with Crippen LogP contribution >= 0.6 is 0 Å². The van der Waals surface area contributed by atoms with E-state index < -0.39 is 0 Å². The van der Waals surface area contributed by atoms with Crippen LogP contribution in [-0.4, -0.2) is 5.78 Å². The molecule has 0 aromatic heterocycles. The van der Waals surface area contributed by atoms with Crippen molar-refractivity contribution in [1.82, 2.24) is 0 Å². The van der Waals surface area contributed by atoms with Crippen LogP contribution < -0.4 is 0 Å². The predicted molar refractivity (Wildman–Crippen MR) is 62.4 cm³/mol. The Morgan fingerprint density at radius 1 is 0.867 bits per heavy atom. The molecule has 2 aliphatic carbocycles. The monoisotopic (exact) mass is 196 g/mol. The van der Waals surface area contributed by atoms with E-state index in [-0.39, 0.29) is 5.78 Å². The van der Waals surface area contributed by atoms with E-state index in [9.17, 15) is 4.79 Å². The lowest BCUT2D eigenvalue weighted by Gasteiger charge is -2.06. The first-order valence-corrected chi connectivity index (χ1v) is 4.99. The molecule has 0 saturated heterocycles. The van der Waals surface area contributed by atoms with Crippen molar-refractivity contribution < 1.29 is 4.79 Å². The maximum atomic E-state index is 11.5. The fraction of sp³-hybridized carbons (Fsp3) is 0.0714. The van der Waals surface area contributed by atoms with Gasteiger partial charge < -0.3 is 0 Å². The minimum atomic E-state index is 0.148. The van der Waals surface area contributed by atoms with Crippen molar-refractivity contribution in [2.24, 2.45) is 0 Å². The maximum Gasteiger partial charge on any atom is 0.160 e. The molecule has 0 fully saturated rings. The van der Waals surface area contributed by atoms with Gasteiger partial charge in [-0.25, -0.2) is 0 Å². The number of rotatable bonds is 0. The van der Waals surface area contributed by atoms with Gasteiger partial charge in [0.05, 0.1) is 0 Å². The molecule has 0 atom stereocenters. The minimum absolute atomic E-state index is 0.148. The average molecular weight is 196 g/mol. The Kier molecular flexibility index (Phi) is 2.93. The fourth-order valence-corrected chi connectivity index (χ4v) is 1.51. The summed E-state index contributed by atoms with van der Waals surface area (Å²) in [5.41, 5.74) is 2.05. The molecule has 15 heavy (non-hydrogen) atoms. The topological polar surface area (TPSA) is 17.1 Å². The van der Waals surface area contributed by atoms with Gasteiger partial charge in [-0.1, -0.05) is 54.7 Å². The third-order valence-electron chi connectivity index (χ3n) is 2.27. The van der Waals surface area contributed by atoms with Gasteiger partial charge in [-0.15, -0.1) is 0 Å². The van der Waals surface area contributed by atoms with Gasteiger partial charge in [-0.3, -0.25) is 4.79 Å². The van der Waals surface area contributed by atoms with Gasteiger partial charge in [0.25, 0.3) is 0 Å². The van der Waals surface area contributed by atoms with E-state index in [0.29, 0.717) is 6.42 Å². The molecule has 0 spiro atoms. The normalized spacial score (nSPS) is 19.6. The highest BCUT2D eigenvalue weighted by molar-refractivity contribution is 5.93. The molecule has 0 heterocycles. The number of ketones is 1. The van der Waals surface area contributed by atoms with Gasteiger partial charge in [-0.05, 0) is 17.2 Å². The number of hydrogen-bond acceptors (Lipinski definition) is 1. The van der Waals surface area contributed by atoms with Crippen LogP contribution in [0.4, 0.5) is 0 Å². The summed E-state index contributed by atoms with van der Waals surface area (Å²) in [5.74, 6) is 0.148. The molecule has 0 saturated carbocycles. The van der Waals surface area contributed by atoms with E-state index in [1.807, 2.05) is 54.7 Å². The summed E-state index contributed by atoms with van der Waals surface area (Å²) in [7, 11) is 0. The standard InChI is InChI=1S/C14H12O/c15-14-10-6-5-8-12-7-3-1-2-4-9-13(12)11-14/h1-9,11H,10H2. The van der Waals surface area contributed by atoms with Crippen molar-refractivity contribution in [2.75, 3.05) is 0 Å². The number of carbonyl (C=O) groups excluding carboxylic acids is 1. The molecule has 74 valence electrons. The highest BCUT2D eigenvalue weighted by Crippen LogP contribution is 2.17. The minimum Gasteiger partial charge on any atom is -0.294 e. The summed E-state index contributed by atoms with van der Waals surface area (Å²) in [4.78, 5) is 11.5. The van der Waals surface area contributed by atoms with Crippen LogP contribution in [0, 0.1) is 0 Å². The van der Waals surface area contributed by atoms with Crippen molar-refractivity contribution in [3.05, 3.63) is 71.9 Å². The lowest BCUT2D eigenvalue weighted by molar-refractivity contribution is -0.113. The molecule has 0 aliphatic heterocycles. The van der Waals surface area contributed by atoms with Crippen molar-refractivity contribution in [3.63, 3.8) is 0 Å². The quantitative estimate of drug-likeness (QED) is 0.582. The second-order valence-corrected chi connectivity index (χ2v) is 3.42. The first-order valence-electron chi connectivity index (χ1n) is 4.99. The molecule has 2 aliphatic rings. The van der Waals surface area contributed by atoms with E-state index in [1.165, 1.54) is 0 Å². The molecule has 0 bridgehead atoms. The summed E-state index contributed by atoms with van der Waals surface area (Å²) in [6.07, 6.45) is 19.8. The lowest BCUT2D eigenvalue weighted by atomic mass is 9.99. The van der Waals surface area contributed by atoms with Crippen molar-refractivity contribution in [2.45, 2.75) is 6.42 Å². The number of carbonyl (C=O) groups is 1. The molecule has 0 unspecified atom stereocenters. The highest BCUT2D eigenvalue weighted by Gasteiger charge is 2.04. The van der Waals surface area contributed by atoms with Crippen molar-refractivity contribution >= 4 is 5.78 Å². The van der Waals surface area contributed by atoms with E-state index in [1.54, 1.807) is 6.08 Å². The number of hydrogen-bond donors (Lipinski definition) is 0. The van der Waals surface area contributed by atoms with Crippen LogP contribution in [0.5, 0.6) is 0 Å². The molecule has 1 nitrogen and oxygen atoms in total. The summed E-state index contributed by atoms with van der Waals surface area (Å²) >= 11 is 0. The molecule has 2 rings (SSSR count). The van der Waals surface area contributed by atoms with Crippen LogP contribution in [0.3, 0.4) is 0 Å². The van der Waals surface area contributed by atoms with Gasteiger partial charge in [-0.2, -0.15) is 0 Å². The van der Waals surface area contributed by atoms with E-state index >= 15 is 0 Å². The Labute approximate surface area is 89.5 Å². The first-order chi connectivity index (χ1) is 7.36. The third kappa shape index (κ3) is 2.53. The van der Waals surface area contributed by atoms with Crippen LogP contribution in [0.2, 0.25) is 0 Å². The smallest absolute Gasteiger partial charge is 0.160 e. The van der Waals surface area contributed by atoms with Gasteiger partial charge >= 0.3 is 0 Å². The van der Waals surface area contributed by atoms with Crippen LogP contribution in [0.1, 0.15) is 6.42 Å². The molecule has 0 aromatic carbocycles. The zero-order valence-corrected chi connectivity index (χ0v) is 8.39. The molecule has 0 radical (unpaired) electrons. The molecular weight excluding hydrogens is 184 g/mol. The van der Waals surface area contributed by atoms with Crippen molar-refractivity contribution in [3.8, 4) is 0 Å². The molecule has 1 heteroatoms. The van der Waals surface area contributed by atoms with Crippen LogP contribution in [0.15, 0.2) is 71.9 Å². The number of allylic oxidation sites excluding steroid dienone is 12. The van der Waals surface area contributed by atoms with E-state index in [0.717, 1.165) is 11.1 Å². The first kappa shape index (κ1) is 9.66. The second-order valence-electron chi connectivity index (χ2n) is 3.42. The fourth-order valence-electron chi connectivity index (χ4n) is 1.51. The van der Waals surface area contributed by atoms with Gasteiger partial charge in [0, 0.05) is 6.42 Å². The zero-order valence-electron chi connectivity index (χ0n) is 8.39. The summed E-state index contributed by atoms with van der Waals surface area (Å²) < 4.78 is 0. The van der Waals surface area contributed by atoms with E-state index in [2.05, 4.69) is 0 Å². The Hall–Kier alpha value is -1.89. The van der Waals surface area contributed by atoms with Gasteiger partial charge in [0.15, 0.2) is 5.78 Å². The van der Waals surface area contributed by atoms with Crippen LogP contribution in [0.25, 0.3) is 0 Å². The second kappa shape index (κ2) is 4.56.